The average molecular weight is 343 g/mol. The molecule has 0 bridgehead atoms. The maximum absolute atomic E-state index is 6.01. The first-order valence-electron chi connectivity index (χ1n) is 8.41. The Morgan fingerprint density at radius 3 is 3.00 bits per heavy atom. The van der Waals surface area contributed by atoms with Gasteiger partial charge in [0.15, 0.2) is 5.96 Å². The molecule has 1 aliphatic heterocycles. The van der Waals surface area contributed by atoms with E-state index in [-0.39, 0.29) is 6.10 Å². The molecule has 0 saturated carbocycles. The van der Waals surface area contributed by atoms with Crippen LogP contribution in [0.15, 0.2) is 46.1 Å². The number of ether oxygens (including phenoxy) is 1. The van der Waals surface area contributed by atoms with Crippen LogP contribution in [0, 0.1) is 6.92 Å². The van der Waals surface area contributed by atoms with E-state index in [2.05, 4.69) is 63.2 Å². The summed E-state index contributed by atoms with van der Waals surface area (Å²) in [6, 6.07) is 10.6. The van der Waals surface area contributed by atoms with E-state index in [1.165, 1.54) is 16.7 Å². The first-order chi connectivity index (χ1) is 11.8. The van der Waals surface area contributed by atoms with Crippen molar-refractivity contribution >= 4 is 17.3 Å². The second-order valence-electron chi connectivity index (χ2n) is 6.02. The predicted molar refractivity (Wildman–Crippen MR) is 101 cm³/mol. The number of nitrogens with zero attached hydrogens (tertiary/aromatic N) is 2. The maximum Gasteiger partial charge on any atom is 0.193 e. The molecule has 2 heterocycles. The molecule has 1 unspecified atom stereocenters. The lowest BCUT2D eigenvalue weighted by atomic mass is 10.0. The molecule has 1 aromatic heterocycles. The van der Waals surface area contributed by atoms with E-state index in [1.807, 2.05) is 7.05 Å². The number of thiophene rings is 1. The predicted octanol–water partition coefficient (Wildman–Crippen LogP) is 3.25. The highest BCUT2D eigenvalue weighted by Crippen LogP contribution is 2.24. The lowest BCUT2D eigenvalue weighted by Crippen LogP contribution is -2.48. The van der Waals surface area contributed by atoms with Gasteiger partial charge >= 0.3 is 0 Å². The van der Waals surface area contributed by atoms with E-state index >= 15 is 0 Å². The summed E-state index contributed by atoms with van der Waals surface area (Å²) in [5, 5.41) is 7.81. The van der Waals surface area contributed by atoms with Crippen LogP contribution >= 0.6 is 11.3 Å². The zero-order chi connectivity index (χ0) is 16.8. The Kier molecular flexibility index (Phi) is 5.88. The van der Waals surface area contributed by atoms with E-state index in [4.69, 9.17) is 4.74 Å². The number of aryl methyl sites for hydroxylation is 1. The monoisotopic (exact) mass is 343 g/mol. The molecule has 5 heteroatoms. The third-order valence-corrected chi connectivity index (χ3v) is 5.12. The summed E-state index contributed by atoms with van der Waals surface area (Å²) < 4.78 is 6.01. The fourth-order valence-electron chi connectivity index (χ4n) is 3.06. The van der Waals surface area contributed by atoms with E-state index in [0.29, 0.717) is 0 Å². The van der Waals surface area contributed by atoms with Crippen molar-refractivity contribution in [3.8, 4) is 0 Å². The van der Waals surface area contributed by atoms with Crippen molar-refractivity contribution in [3.63, 3.8) is 0 Å². The third kappa shape index (κ3) is 4.16. The number of aliphatic imine (C=N–C) groups is 1. The SMILES string of the molecule is CN=C(NCCc1ccsc1)N1CCOC(c2ccccc2C)C1. The van der Waals surface area contributed by atoms with Crippen LogP contribution in [-0.4, -0.2) is 44.1 Å². The minimum atomic E-state index is 0.107. The Labute approximate surface area is 148 Å². The molecule has 128 valence electrons. The Morgan fingerprint density at radius 1 is 1.38 bits per heavy atom. The number of guanidine groups is 1. The van der Waals surface area contributed by atoms with Gasteiger partial charge in [-0.3, -0.25) is 4.99 Å². The Balaban J connectivity index is 1.59. The second kappa shape index (κ2) is 8.31. The van der Waals surface area contributed by atoms with E-state index in [1.54, 1.807) is 11.3 Å². The highest BCUT2D eigenvalue weighted by Gasteiger charge is 2.24. The lowest BCUT2D eigenvalue weighted by Gasteiger charge is -2.35. The zero-order valence-electron chi connectivity index (χ0n) is 14.4. The average Bonchev–Trinajstić information content (AvgIpc) is 3.13. The molecule has 1 atom stereocenters. The van der Waals surface area contributed by atoms with E-state index in [9.17, 15) is 0 Å². The fraction of sp³-hybridized carbons (Fsp3) is 0.421. The molecule has 0 radical (unpaired) electrons. The number of hydrogen-bond acceptors (Lipinski definition) is 3. The highest BCUT2D eigenvalue weighted by molar-refractivity contribution is 7.07. The molecule has 0 aliphatic carbocycles. The summed E-state index contributed by atoms with van der Waals surface area (Å²) >= 11 is 1.75. The van der Waals surface area contributed by atoms with Gasteiger partial charge in [0.05, 0.1) is 13.2 Å². The summed E-state index contributed by atoms with van der Waals surface area (Å²) in [6.45, 7) is 5.48. The summed E-state index contributed by atoms with van der Waals surface area (Å²) in [5.41, 5.74) is 3.93. The van der Waals surface area contributed by atoms with Gasteiger partial charge in [-0.1, -0.05) is 24.3 Å². The molecule has 1 aliphatic rings. The number of nitrogens with one attached hydrogen (secondary N) is 1. The van der Waals surface area contributed by atoms with Crippen LogP contribution in [0.4, 0.5) is 0 Å². The molecule has 1 fully saturated rings. The lowest BCUT2D eigenvalue weighted by molar-refractivity contribution is -0.00829. The van der Waals surface area contributed by atoms with Crippen molar-refractivity contribution in [1.82, 2.24) is 10.2 Å². The van der Waals surface area contributed by atoms with Crippen LogP contribution in [0.1, 0.15) is 22.8 Å². The first-order valence-corrected chi connectivity index (χ1v) is 9.36. The van der Waals surface area contributed by atoms with E-state index in [0.717, 1.165) is 38.6 Å². The van der Waals surface area contributed by atoms with Crippen LogP contribution in [0.25, 0.3) is 0 Å². The van der Waals surface area contributed by atoms with Gasteiger partial charge in [-0.2, -0.15) is 11.3 Å². The minimum absolute atomic E-state index is 0.107. The molecular weight excluding hydrogens is 318 g/mol. The van der Waals surface area contributed by atoms with Gasteiger partial charge in [-0.25, -0.2) is 0 Å². The molecule has 0 spiro atoms. The maximum atomic E-state index is 6.01. The summed E-state index contributed by atoms with van der Waals surface area (Å²) in [6.07, 6.45) is 1.13. The van der Waals surface area contributed by atoms with E-state index < -0.39 is 0 Å². The molecule has 1 saturated heterocycles. The number of rotatable bonds is 4. The van der Waals surface area contributed by atoms with Crippen molar-refractivity contribution in [3.05, 3.63) is 57.8 Å². The molecule has 4 nitrogen and oxygen atoms in total. The van der Waals surface area contributed by atoms with Gasteiger partial charge in [0, 0.05) is 20.1 Å². The number of morpholine rings is 1. The number of benzene rings is 1. The molecule has 1 N–H and O–H groups in total. The van der Waals surface area contributed by atoms with Gasteiger partial charge < -0.3 is 15.0 Å². The molecular formula is C19H25N3OS. The van der Waals surface area contributed by atoms with Crippen molar-refractivity contribution in [2.75, 3.05) is 33.3 Å². The third-order valence-electron chi connectivity index (χ3n) is 4.39. The first kappa shape index (κ1) is 17.0. The normalized spacial score (nSPS) is 18.7. The molecule has 0 amide bonds. The summed E-state index contributed by atoms with van der Waals surface area (Å²) in [5.74, 6) is 0.965. The quantitative estimate of drug-likeness (QED) is 0.684. The largest absolute Gasteiger partial charge is 0.370 e. The van der Waals surface area contributed by atoms with Crippen molar-refractivity contribution < 1.29 is 4.74 Å². The fourth-order valence-corrected chi connectivity index (χ4v) is 3.77. The molecule has 2 aromatic rings. The van der Waals surface area contributed by atoms with Gasteiger partial charge in [0.1, 0.15) is 6.10 Å². The topological polar surface area (TPSA) is 36.9 Å². The zero-order valence-corrected chi connectivity index (χ0v) is 15.2. The van der Waals surface area contributed by atoms with Crippen LogP contribution in [0.3, 0.4) is 0 Å². The Hall–Kier alpha value is -1.85. The molecule has 1 aromatic carbocycles. The van der Waals surface area contributed by atoms with Crippen LogP contribution in [0.2, 0.25) is 0 Å². The smallest absolute Gasteiger partial charge is 0.193 e. The van der Waals surface area contributed by atoms with Crippen molar-refractivity contribution in [2.45, 2.75) is 19.4 Å². The van der Waals surface area contributed by atoms with Gasteiger partial charge in [-0.15, -0.1) is 0 Å². The molecule has 3 rings (SSSR count). The van der Waals surface area contributed by atoms with Gasteiger partial charge in [-0.05, 0) is 46.9 Å². The Bertz CT molecular complexity index is 669. The number of hydrogen-bond donors (Lipinski definition) is 1. The highest BCUT2D eigenvalue weighted by atomic mass is 32.1. The summed E-state index contributed by atoms with van der Waals surface area (Å²) in [7, 11) is 1.85. The van der Waals surface area contributed by atoms with Crippen LogP contribution in [-0.2, 0) is 11.2 Å². The van der Waals surface area contributed by atoms with Crippen LogP contribution < -0.4 is 5.32 Å². The van der Waals surface area contributed by atoms with Crippen molar-refractivity contribution in [2.24, 2.45) is 4.99 Å². The van der Waals surface area contributed by atoms with Gasteiger partial charge in [0.25, 0.3) is 0 Å². The second-order valence-corrected chi connectivity index (χ2v) is 6.80. The summed E-state index contributed by atoms with van der Waals surface area (Å²) in [4.78, 5) is 6.76. The van der Waals surface area contributed by atoms with Crippen LogP contribution in [0.5, 0.6) is 0 Å². The Morgan fingerprint density at radius 2 is 2.25 bits per heavy atom. The van der Waals surface area contributed by atoms with Gasteiger partial charge in [0.2, 0.25) is 0 Å². The molecule has 24 heavy (non-hydrogen) atoms. The minimum Gasteiger partial charge on any atom is -0.370 e. The standard InChI is InChI=1S/C19H25N3OS/c1-15-5-3-4-6-17(15)18-13-22(10-11-23-18)19(20-2)21-9-7-16-8-12-24-14-16/h3-6,8,12,14,18H,7,9-11,13H2,1-2H3,(H,20,21). The van der Waals surface area contributed by atoms with Crippen molar-refractivity contribution in [1.29, 1.82) is 0 Å².